The first-order chi connectivity index (χ1) is 1.00. The van der Waals surface area contributed by atoms with E-state index in [9.17, 15) is 0 Å². The fourth-order valence-electron chi connectivity index (χ4n) is 0. The van der Waals surface area contributed by atoms with Gasteiger partial charge in [-0.25, -0.2) is 0 Å². The van der Waals surface area contributed by atoms with Gasteiger partial charge in [0.2, 0.25) is 0 Å². The maximum atomic E-state index is 8.00. The molecule has 0 amide bonds. The van der Waals surface area contributed by atoms with Gasteiger partial charge >= 0.3 is 0 Å². The van der Waals surface area contributed by atoms with Crippen molar-refractivity contribution in [1.82, 2.24) is 0 Å². The second-order valence-electron chi connectivity index (χ2n) is 0. The summed E-state index contributed by atoms with van der Waals surface area (Å²) in [7, 11) is 0. The Balaban J connectivity index is -0.00000000500. The maximum Gasteiger partial charge on any atom is 0.106 e. The van der Waals surface area contributed by atoms with Gasteiger partial charge in [-0.15, -0.1) is 0 Å². The van der Waals surface area contributed by atoms with E-state index in [1.54, 1.807) is 0 Å². The zero-order chi connectivity index (χ0) is 2.00. The van der Waals surface area contributed by atoms with Crippen LogP contribution in [0, 0.1) is 0 Å². The van der Waals surface area contributed by atoms with Crippen molar-refractivity contribution in [3.05, 3.63) is 0 Å². The van der Waals surface area contributed by atoms with Crippen molar-refractivity contribution in [3.63, 3.8) is 0 Å². The second kappa shape index (κ2) is 67.4. The van der Waals surface area contributed by atoms with Gasteiger partial charge in [-0.3, -0.25) is 0 Å². The van der Waals surface area contributed by atoms with Crippen molar-refractivity contribution >= 4 is 17.8 Å². The van der Waals surface area contributed by atoms with E-state index in [0.717, 1.165) is 0 Å². The Morgan fingerprint density at radius 1 is 1.25 bits per heavy atom. The van der Waals surface area contributed by atoms with E-state index < -0.39 is 0 Å². The van der Waals surface area contributed by atoms with Gasteiger partial charge in [-0.2, -0.15) is 0 Å². The van der Waals surface area contributed by atoms with E-state index in [1.807, 2.05) is 6.79 Å². The van der Waals surface area contributed by atoms with Crippen LogP contribution in [0.15, 0.2) is 0 Å². The van der Waals surface area contributed by atoms with Crippen molar-refractivity contribution < 1.29 is 26.5 Å². The van der Waals surface area contributed by atoms with E-state index in [0.29, 0.717) is 0 Å². The molecule has 0 unspecified atom stereocenters. The molecule has 3 heteroatoms. The van der Waals surface area contributed by atoms with Gasteiger partial charge in [0, 0.05) is 32.7 Å². The van der Waals surface area contributed by atoms with Gasteiger partial charge in [0.15, 0.2) is 0 Å². The van der Waals surface area contributed by atoms with Crippen LogP contribution in [-0.2, 0) is 26.5 Å². The Morgan fingerprint density at radius 3 is 1.25 bits per heavy atom. The predicted molar refractivity (Wildman–Crippen MR) is 12.9 cm³/mol. The molecule has 0 aliphatic carbocycles. The van der Waals surface area contributed by atoms with Crippen LogP contribution in [0.1, 0.15) is 0 Å². The fraction of sp³-hybridized carbons (Fsp3) is 0. The summed E-state index contributed by atoms with van der Waals surface area (Å²) in [4.78, 5) is 8.00. The molecule has 0 heterocycles. The Kier molecular flexibility index (Phi) is 392. The van der Waals surface area contributed by atoms with Crippen LogP contribution in [0.5, 0.6) is 0 Å². The van der Waals surface area contributed by atoms with Crippen molar-refractivity contribution in [1.29, 1.82) is 0 Å². The van der Waals surface area contributed by atoms with Gasteiger partial charge in [0.1, 0.15) is 6.79 Å². The molecule has 0 fully saturated rings. The van der Waals surface area contributed by atoms with Crippen molar-refractivity contribution in [2.45, 2.75) is 0 Å². The van der Waals surface area contributed by atoms with Crippen LogP contribution in [0.2, 0.25) is 0 Å². The van der Waals surface area contributed by atoms with Gasteiger partial charge in [-0.1, -0.05) is 0 Å². The molecule has 0 atom stereocenters. The molecule has 0 aliphatic heterocycles. The molecule has 0 aromatic rings. The zero-order valence-electron chi connectivity index (χ0n) is 2.12. The van der Waals surface area contributed by atoms with Crippen LogP contribution in [0.3, 0.4) is 0 Å². The quantitative estimate of drug-likeness (QED) is 0.378. The summed E-state index contributed by atoms with van der Waals surface area (Å²) in [6.07, 6.45) is 0. The van der Waals surface area contributed by atoms with E-state index in [-0.39, 0.29) is 32.7 Å². The molecular weight excluding hydrogens is 104 g/mol. The largest absolute Gasteiger partial charge is 0.307 e. The Morgan fingerprint density at radius 2 is 1.25 bits per heavy atom. The second-order valence-corrected chi connectivity index (χ2v) is 0. The number of hydrogen-bond donors (Lipinski definition) is 0. The summed E-state index contributed by atoms with van der Waals surface area (Å²) in [6.45, 7) is 2.00. The molecule has 0 saturated heterocycles. The summed E-state index contributed by atoms with van der Waals surface area (Å²) in [5.74, 6) is 0. The third-order valence-electron chi connectivity index (χ3n) is 0. The number of hydrogen-bond acceptors (Lipinski definition) is 1. The van der Waals surface area contributed by atoms with E-state index in [1.165, 1.54) is 0 Å². The summed E-state index contributed by atoms with van der Waals surface area (Å²) < 4.78 is 0. The van der Waals surface area contributed by atoms with Gasteiger partial charge in [0.25, 0.3) is 0 Å². The average molecular weight is 106 g/mol. The minimum atomic E-state index is 0. The van der Waals surface area contributed by atoms with E-state index in [4.69, 9.17) is 4.79 Å². The first-order valence-corrected chi connectivity index (χ1v) is 0.289. The molecule has 0 aliphatic rings. The predicted octanol–water partition coefficient (Wildman–Crippen LogP) is -0.568. The Labute approximate surface area is 44.7 Å². The summed E-state index contributed by atoms with van der Waals surface area (Å²) in [5.41, 5.74) is 0. The molecule has 0 bridgehead atoms. The van der Waals surface area contributed by atoms with Gasteiger partial charge < -0.3 is 4.79 Å². The molecule has 0 rings (SSSR count). The molecule has 4 radical (unpaired) electrons. The molecule has 4 heavy (non-hydrogen) atoms. The number of carbonyl (C=O) groups is 1. The minimum Gasteiger partial charge on any atom is -0.307 e. The standard InChI is InChI=1S/CH2O.Si.Ti/c1-2;;/h1H2;;. The van der Waals surface area contributed by atoms with Crippen molar-refractivity contribution in [3.8, 4) is 0 Å². The first-order valence-electron chi connectivity index (χ1n) is 0.289. The molecule has 0 saturated carbocycles. The summed E-state index contributed by atoms with van der Waals surface area (Å²) in [5, 5.41) is 0. The molecule has 0 N–H and O–H groups in total. The Hall–Kier alpha value is 0.601. The monoisotopic (exact) mass is 106 g/mol. The normalized spacial score (nSPS) is 1.00. The van der Waals surface area contributed by atoms with Gasteiger partial charge in [-0.05, 0) is 0 Å². The van der Waals surface area contributed by atoms with Crippen LogP contribution >= 0.6 is 0 Å². The van der Waals surface area contributed by atoms with Crippen LogP contribution < -0.4 is 0 Å². The smallest absolute Gasteiger partial charge is 0.106 e. The van der Waals surface area contributed by atoms with Crippen molar-refractivity contribution in [2.75, 3.05) is 0 Å². The maximum absolute atomic E-state index is 8.00. The van der Waals surface area contributed by atoms with Crippen LogP contribution in [0.25, 0.3) is 0 Å². The van der Waals surface area contributed by atoms with Crippen molar-refractivity contribution in [2.24, 2.45) is 0 Å². The Bertz CT molecular complexity index is 8.00. The van der Waals surface area contributed by atoms with E-state index >= 15 is 0 Å². The summed E-state index contributed by atoms with van der Waals surface area (Å²) in [6, 6.07) is 0. The first kappa shape index (κ1) is 23.3. The molecule has 1 nitrogen and oxygen atoms in total. The molecular formula is CH2OSiTi. The van der Waals surface area contributed by atoms with E-state index in [2.05, 4.69) is 0 Å². The third-order valence-corrected chi connectivity index (χ3v) is 0. The average Bonchev–Trinajstić information content (AvgIpc) is 1.00. The molecule has 20 valence electrons. The minimum absolute atomic E-state index is 0. The van der Waals surface area contributed by atoms with Crippen LogP contribution in [0.4, 0.5) is 0 Å². The molecule has 0 spiro atoms. The topological polar surface area (TPSA) is 17.1 Å². The van der Waals surface area contributed by atoms with Gasteiger partial charge in [0.05, 0.1) is 0 Å². The summed E-state index contributed by atoms with van der Waals surface area (Å²) >= 11 is 0. The molecule has 0 aromatic carbocycles. The SMILES string of the molecule is C=O.[Si].[Ti]. The molecule has 0 aromatic heterocycles. The van der Waals surface area contributed by atoms with Crippen LogP contribution in [-0.4, -0.2) is 17.8 Å². The fourth-order valence-corrected chi connectivity index (χ4v) is 0. The zero-order valence-corrected chi connectivity index (χ0v) is 4.68. The number of carbonyl (C=O) groups excluding carboxylic acids is 1. The third kappa shape index (κ3) is 18.5. The number of rotatable bonds is 0.